The highest BCUT2D eigenvalue weighted by molar-refractivity contribution is 7.99. The van der Waals surface area contributed by atoms with Crippen LogP contribution in [-0.4, -0.2) is 58.2 Å². The molecule has 0 spiro atoms. The molecule has 1 aliphatic heterocycles. The van der Waals surface area contributed by atoms with Gasteiger partial charge in [-0.05, 0) is 23.8 Å². The molecule has 1 heterocycles. The van der Waals surface area contributed by atoms with Crippen LogP contribution in [0, 0.1) is 5.92 Å². The van der Waals surface area contributed by atoms with E-state index in [0.29, 0.717) is 12.5 Å². The second-order valence-electron chi connectivity index (χ2n) is 3.69. The first-order chi connectivity index (χ1) is 7.08. The number of nitrogens with zero attached hydrogens (tertiary/aromatic N) is 1. The highest BCUT2D eigenvalue weighted by atomic mass is 32.2. The summed E-state index contributed by atoms with van der Waals surface area (Å²) in [6.45, 7) is 0.201. The topological polar surface area (TPSA) is 77.8 Å². The van der Waals surface area contributed by atoms with Crippen molar-refractivity contribution in [1.29, 1.82) is 0 Å². The molecule has 2 N–H and O–H groups in total. The van der Waals surface area contributed by atoms with Gasteiger partial charge >= 0.3 is 11.9 Å². The summed E-state index contributed by atoms with van der Waals surface area (Å²) in [6, 6.07) is 0. The minimum Gasteiger partial charge on any atom is -0.480 e. The van der Waals surface area contributed by atoms with Crippen LogP contribution in [0.25, 0.3) is 0 Å². The summed E-state index contributed by atoms with van der Waals surface area (Å²) in [5.74, 6) is 0.603. The van der Waals surface area contributed by atoms with Crippen LogP contribution in [0.2, 0.25) is 0 Å². The summed E-state index contributed by atoms with van der Waals surface area (Å²) in [7, 11) is 0. The van der Waals surface area contributed by atoms with E-state index in [9.17, 15) is 9.59 Å². The largest absolute Gasteiger partial charge is 0.480 e. The molecule has 0 radical (unpaired) electrons. The lowest BCUT2D eigenvalue weighted by atomic mass is 10.1. The van der Waals surface area contributed by atoms with Gasteiger partial charge in [0, 0.05) is 6.54 Å². The lowest BCUT2D eigenvalue weighted by Gasteiger charge is -2.21. The van der Waals surface area contributed by atoms with Crippen molar-refractivity contribution in [1.82, 2.24) is 4.90 Å². The van der Waals surface area contributed by atoms with Gasteiger partial charge in [-0.3, -0.25) is 14.5 Å². The third-order valence-electron chi connectivity index (χ3n) is 2.26. The summed E-state index contributed by atoms with van der Waals surface area (Å²) in [5.41, 5.74) is 0. The van der Waals surface area contributed by atoms with Gasteiger partial charge in [-0.2, -0.15) is 11.8 Å². The van der Waals surface area contributed by atoms with E-state index in [1.54, 1.807) is 0 Å². The highest BCUT2D eigenvalue weighted by Crippen LogP contribution is 2.23. The maximum absolute atomic E-state index is 10.5. The van der Waals surface area contributed by atoms with Crippen molar-refractivity contribution >= 4 is 23.7 Å². The Bertz CT molecular complexity index is 224. The quantitative estimate of drug-likeness (QED) is 0.683. The van der Waals surface area contributed by atoms with E-state index in [-0.39, 0.29) is 13.1 Å². The highest BCUT2D eigenvalue weighted by Gasteiger charge is 2.21. The van der Waals surface area contributed by atoms with E-state index in [2.05, 4.69) is 0 Å². The summed E-state index contributed by atoms with van der Waals surface area (Å²) < 4.78 is 0. The monoisotopic (exact) mass is 233 g/mol. The van der Waals surface area contributed by atoms with Gasteiger partial charge in [-0.25, -0.2) is 0 Å². The lowest BCUT2D eigenvalue weighted by molar-refractivity contribution is -0.141. The van der Waals surface area contributed by atoms with Gasteiger partial charge in [-0.1, -0.05) is 0 Å². The van der Waals surface area contributed by atoms with Crippen LogP contribution in [0.4, 0.5) is 0 Å². The zero-order chi connectivity index (χ0) is 11.3. The maximum atomic E-state index is 10.5. The van der Waals surface area contributed by atoms with Crippen LogP contribution < -0.4 is 0 Å². The normalized spacial score (nSPS) is 20.7. The number of carbonyl (C=O) groups is 2. The van der Waals surface area contributed by atoms with Crippen molar-refractivity contribution in [3.63, 3.8) is 0 Å². The Kier molecular flexibility index (Phi) is 4.90. The standard InChI is InChI=1S/C9H15NO4S/c11-8(12)4-10(5-9(13)14)3-7-1-2-15-6-7/h7H,1-6H2,(H,11,12)(H,13,14). The molecule has 0 aromatic heterocycles. The molecule has 6 heteroatoms. The van der Waals surface area contributed by atoms with Crippen molar-refractivity contribution in [3.05, 3.63) is 0 Å². The Morgan fingerprint density at radius 1 is 1.27 bits per heavy atom. The molecular weight excluding hydrogens is 218 g/mol. The minimum absolute atomic E-state index is 0.187. The third-order valence-corrected chi connectivity index (χ3v) is 3.49. The van der Waals surface area contributed by atoms with Gasteiger partial charge in [0.15, 0.2) is 0 Å². The van der Waals surface area contributed by atoms with Gasteiger partial charge in [0.05, 0.1) is 13.1 Å². The first-order valence-corrected chi connectivity index (χ1v) is 5.97. The molecule has 1 rings (SSSR count). The third kappa shape index (κ3) is 5.03. The molecule has 0 amide bonds. The van der Waals surface area contributed by atoms with Crippen molar-refractivity contribution in [2.45, 2.75) is 6.42 Å². The number of aliphatic carboxylic acids is 2. The number of thioether (sulfide) groups is 1. The van der Waals surface area contributed by atoms with Gasteiger partial charge in [0.1, 0.15) is 0 Å². The Balaban J connectivity index is 2.39. The molecule has 5 nitrogen and oxygen atoms in total. The van der Waals surface area contributed by atoms with Gasteiger partial charge in [0.2, 0.25) is 0 Å². The second-order valence-corrected chi connectivity index (χ2v) is 4.84. The minimum atomic E-state index is -0.970. The molecule has 1 unspecified atom stereocenters. The molecule has 15 heavy (non-hydrogen) atoms. The van der Waals surface area contributed by atoms with Crippen LogP contribution in [0.15, 0.2) is 0 Å². The molecule has 1 atom stereocenters. The molecule has 0 aromatic carbocycles. The van der Waals surface area contributed by atoms with Crippen LogP contribution in [0.3, 0.4) is 0 Å². The summed E-state index contributed by atoms with van der Waals surface area (Å²) in [6.07, 6.45) is 1.06. The first kappa shape index (κ1) is 12.3. The molecule has 0 saturated carbocycles. The van der Waals surface area contributed by atoms with Gasteiger partial charge in [-0.15, -0.1) is 0 Å². The molecule has 1 fully saturated rings. The molecule has 0 bridgehead atoms. The van der Waals surface area contributed by atoms with Crippen molar-refractivity contribution in [3.8, 4) is 0 Å². The maximum Gasteiger partial charge on any atom is 0.317 e. The van der Waals surface area contributed by atoms with E-state index in [4.69, 9.17) is 10.2 Å². The number of rotatable bonds is 6. The SMILES string of the molecule is O=C(O)CN(CC(=O)O)CC1CCSC1. The number of hydrogen-bond acceptors (Lipinski definition) is 4. The Morgan fingerprint density at radius 3 is 2.27 bits per heavy atom. The predicted molar refractivity (Wildman–Crippen MR) is 57.1 cm³/mol. The van der Waals surface area contributed by atoms with E-state index in [1.807, 2.05) is 11.8 Å². The average Bonchev–Trinajstić information content (AvgIpc) is 2.53. The van der Waals surface area contributed by atoms with Gasteiger partial charge in [0.25, 0.3) is 0 Å². The van der Waals surface area contributed by atoms with Crippen LogP contribution in [0.5, 0.6) is 0 Å². The van der Waals surface area contributed by atoms with Crippen molar-refractivity contribution in [2.75, 3.05) is 31.1 Å². The molecule has 0 aromatic rings. The number of hydrogen-bond donors (Lipinski definition) is 2. The fraction of sp³-hybridized carbons (Fsp3) is 0.778. The summed E-state index contributed by atoms with van der Waals surface area (Å²) in [5, 5.41) is 17.3. The smallest absolute Gasteiger partial charge is 0.317 e. The fourth-order valence-corrected chi connectivity index (χ4v) is 2.93. The Morgan fingerprint density at radius 2 is 1.87 bits per heavy atom. The molecule has 0 aliphatic carbocycles. The molecule has 1 saturated heterocycles. The summed E-state index contributed by atoms with van der Waals surface area (Å²) in [4.78, 5) is 22.5. The summed E-state index contributed by atoms with van der Waals surface area (Å²) >= 11 is 1.84. The lowest BCUT2D eigenvalue weighted by Crippen LogP contribution is -2.38. The average molecular weight is 233 g/mol. The van der Waals surface area contributed by atoms with E-state index < -0.39 is 11.9 Å². The van der Waals surface area contributed by atoms with Gasteiger partial charge < -0.3 is 10.2 Å². The predicted octanol–water partition coefficient (Wildman–Crippen LogP) is 0.211. The van der Waals surface area contributed by atoms with Crippen molar-refractivity contribution in [2.24, 2.45) is 5.92 Å². The van der Waals surface area contributed by atoms with Crippen LogP contribution in [-0.2, 0) is 9.59 Å². The van der Waals surface area contributed by atoms with Crippen LogP contribution in [0.1, 0.15) is 6.42 Å². The number of carboxylic acids is 2. The first-order valence-electron chi connectivity index (χ1n) is 4.81. The van der Waals surface area contributed by atoms with E-state index >= 15 is 0 Å². The van der Waals surface area contributed by atoms with E-state index in [1.165, 1.54) is 4.90 Å². The number of carboxylic acid groups (broad SMARTS) is 2. The fourth-order valence-electron chi connectivity index (χ4n) is 1.66. The zero-order valence-corrected chi connectivity index (χ0v) is 9.20. The van der Waals surface area contributed by atoms with E-state index in [0.717, 1.165) is 17.9 Å². The Hall–Kier alpha value is -0.750. The zero-order valence-electron chi connectivity index (χ0n) is 8.39. The molecule has 86 valence electrons. The molecular formula is C9H15NO4S. The van der Waals surface area contributed by atoms with Crippen molar-refractivity contribution < 1.29 is 19.8 Å². The van der Waals surface area contributed by atoms with Crippen LogP contribution >= 0.6 is 11.8 Å². The Labute approximate surface area is 92.4 Å². The molecule has 1 aliphatic rings. The second kappa shape index (κ2) is 5.97.